The van der Waals surface area contributed by atoms with E-state index in [1.807, 2.05) is 0 Å². The van der Waals surface area contributed by atoms with Crippen molar-refractivity contribution in [3.05, 3.63) is 0 Å². The summed E-state index contributed by atoms with van der Waals surface area (Å²) in [6.45, 7) is 8.13. The lowest BCUT2D eigenvalue weighted by Gasteiger charge is -2.33. The molecule has 19 heavy (non-hydrogen) atoms. The predicted molar refractivity (Wildman–Crippen MR) is 76.0 cm³/mol. The van der Waals surface area contributed by atoms with E-state index in [1.165, 1.54) is 12.8 Å². The minimum atomic E-state index is 0.165. The van der Waals surface area contributed by atoms with E-state index in [1.54, 1.807) is 0 Å². The average Bonchev–Trinajstić information content (AvgIpc) is 2.89. The second-order valence-electron chi connectivity index (χ2n) is 6.19. The zero-order valence-electron chi connectivity index (χ0n) is 12.4. The van der Waals surface area contributed by atoms with Gasteiger partial charge in [0, 0.05) is 19.2 Å². The number of amides is 1. The number of carbonyl (C=O) groups excluding carboxylic acids is 1. The van der Waals surface area contributed by atoms with Crippen molar-refractivity contribution in [1.82, 2.24) is 10.2 Å². The lowest BCUT2D eigenvalue weighted by atomic mass is 9.98. The van der Waals surface area contributed by atoms with Crippen LogP contribution in [0, 0.1) is 5.92 Å². The molecule has 2 atom stereocenters. The highest BCUT2D eigenvalue weighted by Crippen LogP contribution is 2.19. The molecule has 2 rings (SSSR count). The molecule has 0 radical (unpaired) electrons. The molecule has 2 aliphatic heterocycles. The molecular formula is C15H28N2O2. The van der Waals surface area contributed by atoms with Crippen molar-refractivity contribution in [3.8, 4) is 0 Å². The molecule has 2 saturated heterocycles. The van der Waals surface area contributed by atoms with Crippen LogP contribution in [0.3, 0.4) is 0 Å². The van der Waals surface area contributed by atoms with E-state index in [4.69, 9.17) is 4.74 Å². The van der Waals surface area contributed by atoms with Crippen molar-refractivity contribution in [3.63, 3.8) is 0 Å². The van der Waals surface area contributed by atoms with Crippen LogP contribution in [0.1, 0.15) is 46.0 Å². The molecule has 0 aromatic heterocycles. The Hall–Kier alpha value is -0.610. The molecule has 4 heteroatoms. The van der Waals surface area contributed by atoms with Crippen molar-refractivity contribution in [2.75, 3.05) is 26.2 Å². The minimum absolute atomic E-state index is 0.165. The van der Waals surface area contributed by atoms with Gasteiger partial charge in [-0.05, 0) is 58.5 Å². The monoisotopic (exact) mass is 268 g/mol. The molecule has 2 fully saturated rings. The number of nitrogens with one attached hydrogen (secondary N) is 1. The summed E-state index contributed by atoms with van der Waals surface area (Å²) in [4.78, 5) is 14.5. The third-order valence-corrected chi connectivity index (χ3v) is 4.22. The summed E-state index contributed by atoms with van der Waals surface area (Å²) < 4.78 is 5.58. The first-order valence-electron chi connectivity index (χ1n) is 7.78. The molecule has 2 unspecified atom stereocenters. The summed E-state index contributed by atoms with van der Waals surface area (Å²) in [5.74, 6) is 0.886. The summed E-state index contributed by atoms with van der Waals surface area (Å²) in [5, 5.41) is 3.43. The lowest BCUT2D eigenvalue weighted by molar-refractivity contribution is -0.136. The van der Waals surface area contributed by atoms with Crippen LogP contribution in [0.5, 0.6) is 0 Å². The second-order valence-corrected chi connectivity index (χ2v) is 6.19. The smallest absolute Gasteiger partial charge is 0.225 e. The molecule has 0 aromatic rings. The van der Waals surface area contributed by atoms with Gasteiger partial charge in [0.2, 0.25) is 5.91 Å². The first-order valence-corrected chi connectivity index (χ1v) is 7.78. The van der Waals surface area contributed by atoms with Gasteiger partial charge in [-0.1, -0.05) is 0 Å². The molecule has 1 N–H and O–H groups in total. The van der Waals surface area contributed by atoms with Crippen LogP contribution in [0.15, 0.2) is 0 Å². The van der Waals surface area contributed by atoms with E-state index in [0.717, 1.165) is 39.1 Å². The Balaban J connectivity index is 1.84. The maximum atomic E-state index is 12.4. The van der Waals surface area contributed by atoms with Crippen LogP contribution in [0.4, 0.5) is 0 Å². The Bertz CT molecular complexity index is 282. The maximum Gasteiger partial charge on any atom is 0.225 e. The quantitative estimate of drug-likeness (QED) is 0.826. The van der Waals surface area contributed by atoms with Gasteiger partial charge in [-0.15, -0.1) is 0 Å². The lowest BCUT2D eigenvalue weighted by Crippen LogP contribution is -2.45. The zero-order chi connectivity index (χ0) is 13.7. The molecule has 4 nitrogen and oxygen atoms in total. The van der Waals surface area contributed by atoms with Crippen LogP contribution in [0.2, 0.25) is 0 Å². The molecule has 0 saturated carbocycles. The van der Waals surface area contributed by atoms with E-state index < -0.39 is 0 Å². The Labute approximate surface area is 116 Å². The van der Waals surface area contributed by atoms with Crippen molar-refractivity contribution in [2.24, 2.45) is 5.92 Å². The Morgan fingerprint density at radius 3 is 2.79 bits per heavy atom. The van der Waals surface area contributed by atoms with Crippen LogP contribution in [-0.2, 0) is 9.53 Å². The number of ether oxygens (including phenoxy) is 1. The number of nitrogens with zero attached hydrogens (tertiary/aromatic N) is 1. The van der Waals surface area contributed by atoms with Gasteiger partial charge in [0.15, 0.2) is 0 Å². The molecule has 0 aromatic carbocycles. The largest absolute Gasteiger partial charge is 0.378 e. The van der Waals surface area contributed by atoms with Gasteiger partial charge < -0.3 is 15.0 Å². The summed E-state index contributed by atoms with van der Waals surface area (Å²) in [6, 6.07) is 0.288. The molecule has 110 valence electrons. The Morgan fingerprint density at radius 1 is 1.37 bits per heavy atom. The van der Waals surface area contributed by atoms with Crippen molar-refractivity contribution in [2.45, 2.75) is 58.1 Å². The van der Waals surface area contributed by atoms with Gasteiger partial charge >= 0.3 is 0 Å². The Kier molecular flexibility index (Phi) is 5.64. The summed E-state index contributed by atoms with van der Waals surface area (Å²) >= 11 is 0. The van der Waals surface area contributed by atoms with Gasteiger partial charge in [-0.2, -0.15) is 0 Å². The fraction of sp³-hybridized carbons (Fsp3) is 0.933. The van der Waals surface area contributed by atoms with Crippen LogP contribution in [-0.4, -0.2) is 49.2 Å². The fourth-order valence-electron chi connectivity index (χ4n) is 3.08. The third kappa shape index (κ3) is 4.46. The summed E-state index contributed by atoms with van der Waals surface area (Å²) in [5.41, 5.74) is 0. The van der Waals surface area contributed by atoms with Crippen molar-refractivity contribution >= 4 is 5.91 Å². The van der Waals surface area contributed by atoms with E-state index >= 15 is 0 Å². The minimum Gasteiger partial charge on any atom is -0.378 e. The molecule has 0 spiro atoms. The predicted octanol–water partition coefficient (Wildman–Crippen LogP) is 1.79. The molecule has 0 aliphatic carbocycles. The molecule has 2 aliphatic rings. The van der Waals surface area contributed by atoms with E-state index in [0.29, 0.717) is 12.3 Å². The molecular weight excluding hydrogens is 240 g/mol. The van der Waals surface area contributed by atoms with Gasteiger partial charge in [-0.3, -0.25) is 4.79 Å². The topological polar surface area (TPSA) is 41.6 Å². The maximum absolute atomic E-state index is 12.4. The SMILES string of the molecule is CC(C)N(CC1CCCNC1)C(=O)CC1CCCO1. The van der Waals surface area contributed by atoms with Gasteiger partial charge in [-0.25, -0.2) is 0 Å². The number of hydrogen-bond acceptors (Lipinski definition) is 3. The van der Waals surface area contributed by atoms with E-state index in [2.05, 4.69) is 24.1 Å². The third-order valence-electron chi connectivity index (χ3n) is 4.22. The highest BCUT2D eigenvalue weighted by Gasteiger charge is 2.26. The first kappa shape index (κ1) is 14.8. The zero-order valence-corrected chi connectivity index (χ0v) is 12.4. The Morgan fingerprint density at radius 2 is 2.21 bits per heavy atom. The van der Waals surface area contributed by atoms with Crippen LogP contribution < -0.4 is 5.32 Å². The van der Waals surface area contributed by atoms with E-state index in [9.17, 15) is 4.79 Å². The summed E-state index contributed by atoms with van der Waals surface area (Å²) in [6.07, 6.45) is 5.35. The first-order chi connectivity index (χ1) is 9.16. The number of piperidine rings is 1. The summed E-state index contributed by atoms with van der Waals surface area (Å²) in [7, 11) is 0. The number of hydrogen-bond donors (Lipinski definition) is 1. The number of rotatable bonds is 5. The van der Waals surface area contributed by atoms with Crippen molar-refractivity contribution < 1.29 is 9.53 Å². The fourth-order valence-corrected chi connectivity index (χ4v) is 3.08. The van der Waals surface area contributed by atoms with Gasteiger partial charge in [0.05, 0.1) is 12.5 Å². The number of carbonyl (C=O) groups is 1. The highest BCUT2D eigenvalue weighted by atomic mass is 16.5. The average molecular weight is 268 g/mol. The highest BCUT2D eigenvalue weighted by molar-refractivity contribution is 5.77. The second kappa shape index (κ2) is 7.25. The van der Waals surface area contributed by atoms with Crippen molar-refractivity contribution in [1.29, 1.82) is 0 Å². The van der Waals surface area contributed by atoms with Crippen LogP contribution in [0.25, 0.3) is 0 Å². The van der Waals surface area contributed by atoms with Gasteiger partial charge in [0.1, 0.15) is 0 Å². The van der Waals surface area contributed by atoms with Gasteiger partial charge in [0.25, 0.3) is 0 Å². The molecule has 1 amide bonds. The molecule has 2 heterocycles. The van der Waals surface area contributed by atoms with E-state index in [-0.39, 0.29) is 18.1 Å². The van der Waals surface area contributed by atoms with Crippen LogP contribution >= 0.6 is 0 Å². The molecule has 0 bridgehead atoms. The standard InChI is InChI=1S/C15H28N2O2/c1-12(2)17(11-13-5-3-7-16-10-13)15(18)9-14-6-4-8-19-14/h12-14,16H,3-11H2,1-2H3. The normalized spacial score (nSPS) is 27.7.